The maximum Gasteiger partial charge on any atom is 0.223 e. The quantitative estimate of drug-likeness (QED) is 0.712. The van der Waals surface area contributed by atoms with Crippen LogP contribution in [0.25, 0.3) is 0 Å². The highest BCUT2D eigenvalue weighted by atomic mass is 35.5. The molecule has 2 aliphatic carbocycles. The minimum absolute atomic E-state index is 0. The summed E-state index contributed by atoms with van der Waals surface area (Å²) in [5.41, 5.74) is 0. The van der Waals surface area contributed by atoms with Crippen molar-refractivity contribution in [3.8, 4) is 0 Å². The summed E-state index contributed by atoms with van der Waals surface area (Å²) in [6, 6.07) is 1.08. The van der Waals surface area contributed by atoms with Crippen molar-refractivity contribution < 1.29 is 4.79 Å². The minimum atomic E-state index is 0. The zero-order chi connectivity index (χ0) is 11.5. The molecule has 0 heterocycles. The smallest absolute Gasteiger partial charge is 0.223 e. The molecule has 1 unspecified atom stereocenters. The number of nitrogens with one attached hydrogen (secondary N) is 1. The fourth-order valence-electron chi connectivity index (χ4n) is 2.47. The van der Waals surface area contributed by atoms with E-state index < -0.39 is 0 Å². The summed E-state index contributed by atoms with van der Waals surface area (Å²) in [5, 5.41) is 3.10. The monoisotopic (exact) mass is 260 g/mol. The molecule has 0 aliphatic heterocycles. The minimum Gasteiger partial charge on any atom is -0.337 e. The largest absolute Gasteiger partial charge is 0.337 e. The summed E-state index contributed by atoms with van der Waals surface area (Å²) in [4.78, 5) is 14.4. The lowest BCUT2D eigenvalue weighted by molar-refractivity contribution is -0.134. The van der Waals surface area contributed by atoms with Crippen LogP contribution in [0.4, 0.5) is 0 Å². The zero-order valence-corrected chi connectivity index (χ0v) is 11.8. The zero-order valence-electron chi connectivity index (χ0n) is 10.9. The average molecular weight is 261 g/mol. The fourth-order valence-corrected chi connectivity index (χ4v) is 2.47. The summed E-state index contributed by atoms with van der Waals surface area (Å²) >= 11 is 0. The highest BCUT2D eigenvalue weighted by Crippen LogP contribution is 2.39. The third-order valence-corrected chi connectivity index (χ3v) is 3.79. The molecular formula is C13H25ClN2O. The van der Waals surface area contributed by atoms with Gasteiger partial charge in [-0.1, -0.05) is 0 Å². The van der Waals surface area contributed by atoms with Gasteiger partial charge in [0, 0.05) is 18.5 Å². The molecule has 2 fully saturated rings. The molecule has 0 spiro atoms. The third-order valence-electron chi connectivity index (χ3n) is 3.79. The normalized spacial score (nSPS) is 20.6. The molecule has 1 amide bonds. The van der Waals surface area contributed by atoms with E-state index in [9.17, 15) is 4.79 Å². The lowest BCUT2D eigenvalue weighted by atomic mass is 10.1. The van der Waals surface area contributed by atoms with Gasteiger partial charge in [0.15, 0.2) is 0 Å². The highest BCUT2D eigenvalue weighted by molar-refractivity contribution is 5.85. The van der Waals surface area contributed by atoms with E-state index in [4.69, 9.17) is 0 Å². The van der Waals surface area contributed by atoms with Crippen molar-refractivity contribution in [3.05, 3.63) is 0 Å². The summed E-state index contributed by atoms with van der Waals surface area (Å²) in [6.07, 6.45) is 6.80. The Morgan fingerprint density at radius 3 is 2.47 bits per heavy atom. The van der Waals surface area contributed by atoms with Gasteiger partial charge in [-0.15, -0.1) is 12.4 Å². The molecule has 0 aromatic carbocycles. The second-order valence-electron chi connectivity index (χ2n) is 5.32. The number of hydrogen-bond acceptors (Lipinski definition) is 2. The fraction of sp³-hybridized carbons (Fsp3) is 0.923. The number of amides is 1. The lowest BCUT2D eigenvalue weighted by Gasteiger charge is -2.29. The predicted molar refractivity (Wildman–Crippen MR) is 72.5 cm³/mol. The van der Waals surface area contributed by atoms with Crippen molar-refractivity contribution in [1.82, 2.24) is 10.2 Å². The van der Waals surface area contributed by atoms with E-state index in [2.05, 4.69) is 17.1 Å². The van der Waals surface area contributed by atoms with Crippen LogP contribution < -0.4 is 5.32 Å². The molecule has 0 aromatic rings. The number of nitrogens with zero attached hydrogens (tertiary/aromatic N) is 1. The molecule has 2 rings (SSSR count). The molecule has 100 valence electrons. The van der Waals surface area contributed by atoms with Crippen LogP contribution in [-0.4, -0.2) is 36.5 Å². The van der Waals surface area contributed by atoms with Gasteiger partial charge in [0.05, 0.1) is 0 Å². The summed E-state index contributed by atoms with van der Waals surface area (Å²) in [6.45, 7) is 3.19. The van der Waals surface area contributed by atoms with E-state index in [1.807, 2.05) is 7.05 Å². The summed E-state index contributed by atoms with van der Waals surface area (Å²) in [7, 11) is 1.94. The van der Waals surface area contributed by atoms with Crippen LogP contribution >= 0.6 is 12.4 Å². The Kier molecular flexibility index (Phi) is 5.74. The Bertz CT molecular complexity index is 252. The number of hydrogen-bond donors (Lipinski definition) is 1. The van der Waals surface area contributed by atoms with Crippen LogP contribution in [0.2, 0.25) is 0 Å². The molecule has 2 saturated carbocycles. The van der Waals surface area contributed by atoms with Gasteiger partial charge < -0.3 is 10.2 Å². The standard InChI is InChI=1S/C13H24N2O.ClH/c1-10(11-5-6-11)15(12-7-8-12)13(16)4-3-9-14-2;/h10-12,14H,3-9H2,1-2H3;1H. The Labute approximate surface area is 111 Å². The van der Waals surface area contributed by atoms with E-state index >= 15 is 0 Å². The van der Waals surface area contributed by atoms with Crippen LogP contribution in [-0.2, 0) is 4.79 Å². The van der Waals surface area contributed by atoms with Crippen LogP contribution in [0.5, 0.6) is 0 Å². The van der Waals surface area contributed by atoms with E-state index in [1.165, 1.54) is 25.7 Å². The highest BCUT2D eigenvalue weighted by Gasteiger charge is 2.41. The molecule has 0 aromatic heterocycles. The molecule has 17 heavy (non-hydrogen) atoms. The van der Waals surface area contributed by atoms with Crippen molar-refractivity contribution in [2.24, 2.45) is 5.92 Å². The first-order valence-corrected chi connectivity index (χ1v) is 6.69. The van der Waals surface area contributed by atoms with E-state index in [1.54, 1.807) is 0 Å². The van der Waals surface area contributed by atoms with Crippen LogP contribution in [0.1, 0.15) is 45.4 Å². The maximum absolute atomic E-state index is 12.2. The van der Waals surface area contributed by atoms with E-state index in [0.717, 1.165) is 18.9 Å². The Morgan fingerprint density at radius 1 is 1.35 bits per heavy atom. The van der Waals surface area contributed by atoms with Gasteiger partial charge in [-0.25, -0.2) is 0 Å². The summed E-state index contributed by atoms with van der Waals surface area (Å²) < 4.78 is 0. The van der Waals surface area contributed by atoms with Gasteiger partial charge in [-0.05, 0) is 58.5 Å². The SMILES string of the molecule is CNCCCC(=O)N(C1CC1)C(C)C1CC1.Cl. The van der Waals surface area contributed by atoms with Crippen LogP contribution in [0, 0.1) is 5.92 Å². The average Bonchev–Trinajstić information content (AvgIpc) is 3.11. The Hall–Kier alpha value is -0.280. The van der Waals surface area contributed by atoms with Gasteiger partial charge in [-0.3, -0.25) is 4.79 Å². The number of rotatable bonds is 7. The van der Waals surface area contributed by atoms with E-state index in [0.29, 0.717) is 24.4 Å². The molecule has 0 saturated heterocycles. The van der Waals surface area contributed by atoms with Crippen molar-refractivity contribution in [2.75, 3.05) is 13.6 Å². The molecule has 2 aliphatic rings. The lowest BCUT2D eigenvalue weighted by Crippen LogP contribution is -2.41. The Balaban J connectivity index is 0.00000144. The first-order valence-electron chi connectivity index (χ1n) is 6.69. The number of carbonyl (C=O) groups is 1. The molecule has 3 nitrogen and oxygen atoms in total. The second kappa shape index (κ2) is 6.60. The van der Waals surface area contributed by atoms with Gasteiger partial charge in [-0.2, -0.15) is 0 Å². The molecule has 0 bridgehead atoms. The number of carbonyl (C=O) groups excluding carboxylic acids is 1. The maximum atomic E-state index is 12.2. The topological polar surface area (TPSA) is 32.3 Å². The molecule has 4 heteroatoms. The van der Waals surface area contributed by atoms with Crippen molar-refractivity contribution in [3.63, 3.8) is 0 Å². The summed E-state index contributed by atoms with van der Waals surface area (Å²) in [5.74, 6) is 1.19. The Morgan fingerprint density at radius 2 is 2.00 bits per heavy atom. The van der Waals surface area contributed by atoms with Crippen molar-refractivity contribution in [1.29, 1.82) is 0 Å². The van der Waals surface area contributed by atoms with Crippen LogP contribution in [0.15, 0.2) is 0 Å². The van der Waals surface area contributed by atoms with Gasteiger partial charge in [0.25, 0.3) is 0 Å². The first-order chi connectivity index (χ1) is 7.74. The second-order valence-corrected chi connectivity index (χ2v) is 5.32. The molecule has 1 N–H and O–H groups in total. The van der Waals surface area contributed by atoms with Crippen LogP contribution in [0.3, 0.4) is 0 Å². The van der Waals surface area contributed by atoms with E-state index in [-0.39, 0.29) is 12.4 Å². The molecule has 0 radical (unpaired) electrons. The van der Waals surface area contributed by atoms with Gasteiger partial charge >= 0.3 is 0 Å². The van der Waals surface area contributed by atoms with Gasteiger partial charge in [0.1, 0.15) is 0 Å². The van der Waals surface area contributed by atoms with Gasteiger partial charge in [0.2, 0.25) is 5.91 Å². The molecular weight excluding hydrogens is 236 g/mol. The predicted octanol–water partition coefficient (Wildman–Crippen LogP) is 2.20. The molecule has 1 atom stereocenters. The number of halogens is 1. The third kappa shape index (κ3) is 4.14. The van der Waals surface area contributed by atoms with Crippen molar-refractivity contribution in [2.45, 2.75) is 57.5 Å². The van der Waals surface area contributed by atoms with Crippen molar-refractivity contribution >= 4 is 18.3 Å². The first kappa shape index (κ1) is 14.8.